The number of hydrogen-bond acceptors (Lipinski definition) is 4. The Morgan fingerprint density at radius 2 is 2.00 bits per heavy atom. The van der Waals surface area contributed by atoms with Crippen molar-refractivity contribution in [3.8, 4) is 0 Å². The molecule has 2 aliphatic rings. The third-order valence-electron chi connectivity index (χ3n) is 3.69. The topological polar surface area (TPSA) is 58.9 Å². The standard InChI is InChI=1S/C11H20O4/c1-14-11-8(6-12)15-10(9(11)13)7-4-2-3-5-7/h7-13H,2-6H2,1H3/t8-,9?,10+,11?/m1/s1. The van der Waals surface area contributed by atoms with Crippen molar-refractivity contribution < 1.29 is 19.7 Å². The van der Waals surface area contributed by atoms with E-state index < -0.39 is 6.10 Å². The van der Waals surface area contributed by atoms with Gasteiger partial charge < -0.3 is 19.7 Å². The van der Waals surface area contributed by atoms with Crippen LogP contribution in [0.25, 0.3) is 0 Å². The smallest absolute Gasteiger partial charge is 0.114 e. The van der Waals surface area contributed by atoms with Crippen molar-refractivity contribution in [2.45, 2.75) is 50.1 Å². The van der Waals surface area contributed by atoms with Gasteiger partial charge in [0.25, 0.3) is 0 Å². The van der Waals surface area contributed by atoms with Crippen molar-refractivity contribution in [2.75, 3.05) is 13.7 Å². The number of ether oxygens (including phenoxy) is 2. The highest BCUT2D eigenvalue weighted by Gasteiger charge is 2.47. The van der Waals surface area contributed by atoms with Crippen LogP contribution in [0.5, 0.6) is 0 Å². The van der Waals surface area contributed by atoms with Gasteiger partial charge in [-0.1, -0.05) is 12.8 Å². The first kappa shape index (κ1) is 11.3. The van der Waals surface area contributed by atoms with Gasteiger partial charge in [0.2, 0.25) is 0 Å². The lowest BCUT2D eigenvalue weighted by Gasteiger charge is -2.21. The zero-order chi connectivity index (χ0) is 10.8. The Morgan fingerprint density at radius 3 is 2.47 bits per heavy atom. The van der Waals surface area contributed by atoms with Crippen LogP contribution in [-0.2, 0) is 9.47 Å². The molecule has 2 unspecified atom stereocenters. The Morgan fingerprint density at radius 1 is 1.33 bits per heavy atom. The summed E-state index contributed by atoms with van der Waals surface area (Å²) < 4.78 is 10.9. The first-order valence-electron chi connectivity index (χ1n) is 5.75. The number of aliphatic hydroxyl groups is 2. The summed E-state index contributed by atoms with van der Waals surface area (Å²) in [5, 5.41) is 19.2. The van der Waals surface area contributed by atoms with Crippen molar-refractivity contribution in [2.24, 2.45) is 5.92 Å². The second kappa shape index (κ2) is 4.78. The molecule has 0 aromatic rings. The minimum atomic E-state index is -0.588. The molecule has 15 heavy (non-hydrogen) atoms. The van der Waals surface area contributed by atoms with Gasteiger partial charge in [-0.05, 0) is 18.8 Å². The molecule has 0 bridgehead atoms. The molecule has 1 saturated carbocycles. The lowest BCUT2D eigenvalue weighted by atomic mass is 9.95. The van der Waals surface area contributed by atoms with Crippen molar-refractivity contribution in [3.05, 3.63) is 0 Å². The molecule has 0 amide bonds. The highest BCUT2D eigenvalue weighted by molar-refractivity contribution is 4.95. The zero-order valence-electron chi connectivity index (χ0n) is 9.13. The van der Waals surface area contributed by atoms with E-state index >= 15 is 0 Å². The maximum absolute atomic E-state index is 10.0. The molecule has 4 atom stereocenters. The van der Waals surface area contributed by atoms with E-state index in [0.29, 0.717) is 5.92 Å². The van der Waals surface area contributed by atoms with Crippen LogP contribution in [0.15, 0.2) is 0 Å². The monoisotopic (exact) mass is 216 g/mol. The summed E-state index contributed by atoms with van der Waals surface area (Å²) in [5.74, 6) is 0.439. The van der Waals surface area contributed by atoms with Crippen molar-refractivity contribution >= 4 is 0 Å². The molecule has 0 radical (unpaired) electrons. The highest BCUT2D eigenvalue weighted by Crippen LogP contribution is 2.36. The number of hydrogen-bond donors (Lipinski definition) is 2. The number of methoxy groups -OCH3 is 1. The zero-order valence-corrected chi connectivity index (χ0v) is 9.13. The van der Waals surface area contributed by atoms with E-state index in [1.165, 1.54) is 12.8 Å². The molecule has 4 heteroatoms. The maximum Gasteiger partial charge on any atom is 0.114 e. The molecule has 1 heterocycles. The van der Waals surface area contributed by atoms with Gasteiger partial charge in [-0.3, -0.25) is 0 Å². The molecule has 1 aliphatic carbocycles. The molecule has 1 aliphatic heterocycles. The maximum atomic E-state index is 10.0. The van der Waals surface area contributed by atoms with E-state index in [-0.39, 0.29) is 24.9 Å². The summed E-state index contributed by atoms with van der Waals surface area (Å²) in [6, 6.07) is 0. The van der Waals surface area contributed by atoms with Gasteiger partial charge in [0, 0.05) is 7.11 Å². The van der Waals surface area contributed by atoms with Crippen LogP contribution >= 0.6 is 0 Å². The fourth-order valence-electron chi connectivity index (χ4n) is 2.88. The van der Waals surface area contributed by atoms with Crippen molar-refractivity contribution in [1.29, 1.82) is 0 Å². The minimum absolute atomic E-state index is 0.0845. The van der Waals surface area contributed by atoms with Gasteiger partial charge in [-0.25, -0.2) is 0 Å². The minimum Gasteiger partial charge on any atom is -0.394 e. The Labute approximate surface area is 90.2 Å². The molecule has 0 aromatic heterocycles. The van der Waals surface area contributed by atoms with Crippen LogP contribution in [0.2, 0.25) is 0 Å². The lowest BCUT2D eigenvalue weighted by Crippen LogP contribution is -2.37. The van der Waals surface area contributed by atoms with Crippen LogP contribution in [0.4, 0.5) is 0 Å². The Kier molecular flexibility index (Phi) is 3.61. The van der Waals surface area contributed by atoms with Gasteiger partial charge in [0.15, 0.2) is 0 Å². The van der Waals surface area contributed by atoms with E-state index in [9.17, 15) is 5.11 Å². The molecular weight excluding hydrogens is 196 g/mol. The normalized spacial score (nSPS) is 42.6. The summed E-state index contributed by atoms with van der Waals surface area (Å²) in [6.07, 6.45) is 3.21. The summed E-state index contributed by atoms with van der Waals surface area (Å²) >= 11 is 0. The summed E-state index contributed by atoms with van der Waals surface area (Å²) in [6.45, 7) is -0.0845. The molecule has 4 nitrogen and oxygen atoms in total. The van der Waals surface area contributed by atoms with Crippen LogP contribution in [0.1, 0.15) is 25.7 Å². The van der Waals surface area contributed by atoms with Gasteiger partial charge in [0.1, 0.15) is 18.3 Å². The molecule has 0 aromatic carbocycles. The van der Waals surface area contributed by atoms with Crippen molar-refractivity contribution in [3.63, 3.8) is 0 Å². The Bertz CT molecular complexity index is 203. The predicted molar refractivity (Wildman–Crippen MR) is 54.5 cm³/mol. The molecular formula is C11H20O4. The van der Waals surface area contributed by atoms with Crippen LogP contribution in [-0.4, -0.2) is 48.3 Å². The van der Waals surface area contributed by atoms with E-state index in [1.54, 1.807) is 7.11 Å². The summed E-state index contributed by atoms with van der Waals surface area (Å²) in [4.78, 5) is 0. The first-order valence-corrected chi connectivity index (χ1v) is 5.75. The first-order chi connectivity index (χ1) is 7.27. The predicted octanol–water partition coefficient (Wildman–Crippen LogP) is 0.312. The third-order valence-corrected chi connectivity index (χ3v) is 3.69. The molecule has 2 N–H and O–H groups in total. The molecule has 88 valence electrons. The van der Waals surface area contributed by atoms with Crippen LogP contribution in [0.3, 0.4) is 0 Å². The fraction of sp³-hybridized carbons (Fsp3) is 1.00. The molecule has 2 fully saturated rings. The lowest BCUT2D eigenvalue weighted by molar-refractivity contribution is -0.0464. The number of rotatable bonds is 3. The average Bonchev–Trinajstić information content (AvgIpc) is 2.84. The van der Waals surface area contributed by atoms with Gasteiger partial charge in [0.05, 0.1) is 12.7 Å². The van der Waals surface area contributed by atoms with Gasteiger partial charge in [-0.2, -0.15) is 0 Å². The van der Waals surface area contributed by atoms with E-state index in [1.807, 2.05) is 0 Å². The average molecular weight is 216 g/mol. The van der Waals surface area contributed by atoms with Crippen LogP contribution < -0.4 is 0 Å². The summed E-state index contributed by atoms with van der Waals surface area (Å²) in [7, 11) is 1.55. The largest absolute Gasteiger partial charge is 0.394 e. The second-order valence-electron chi connectivity index (χ2n) is 4.56. The van der Waals surface area contributed by atoms with Crippen LogP contribution in [0, 0.1) is 5.92 Å². The quantitative estimate of drug-likeness (QED) is 0.713. The van der Waals surface area contributed by atoms with Gasteiger partial charge >= 0.3 is 0 Å². The Balaban J connectivity index is 2.01. The Hall–Kier alpha value is -0.160. The number of aliphatic hydroxyl groups excluding tert-OH is 2. The van der Waals surface area contributed by atoms with Gasteiger partial charge in [-0.15, -0.1) is 0 Å². The van der Waals surface area contributed by atoms with E-state index in [0.717, 1.165) is 12.8 Å². The second-order valence-corrected chi connectivity index (χ2v) is 4.56. The fourth-order valence-corrected chi connectivity index (χ4v) is 2.88. The molecule has 1 saturated heterocycles. The highest BCUT2D eigenvalue weighted by atomic mass is 16.6. The molecule has 2 rings (SSSR count). The van der Waals surface area contributed by atoms with Crippen molar-refractivity contribution in [1.82, 2.24) is 0 Å². The SMILES string of the molecule is COC1C(O)[C@H](C2CCCC2)O[C@@H]1CO. The summed E-state index contributed by atoms with van der Waals surface area (Å²) in [5.41, 5.74) is 0. The van der Waals surface area contributed by atoms with E-state index in [2.05, 4.69) is 0 Å². The van der Waals surface area contributed by atoms with E-state index in [4.69, 9.17) is 14.6 Å². The third kappa shape index (κ3) is 2.04. The molecule has 0 spiro atoms.